The minimum atomic E-state index is 0.730. The molecule has 1 aliphatic heterocycles. The van der Waals surface area contributed by atoms with Gasteiger partial charge < -0.3 is 4.90 Å². The molecule has 0 bridgehead atoms. The Morgan fingerprint density at radius 2 is 2.17 bits per heavy atom. The lowest BCUT2D eigenvalue weighted by Crippen LogP contribution is -2.35. The molecule has 0 radical (unpaired) electrons. The molecule has 0 spiro atoms. The Morgan fingerprint density at radius 1 is 1.28 bits per heavy atom. The van der Waals surface area contributed by atoms with Crippen LogP contribution in [-0.2, 0) is 0 Å². The zero-order valence-electron chi connectivity index (χ0n) is 10.5. The standard InChI is InChI=1S/C13H17N5/c1-11-4-2-6-17(10-11)12-8-14-9-13(16-12)18-7-3-5-15-18/h3,5,7-9,11H,2,4,6,10H2,1H3. The fourth-order valence-corrected chi connectivity index (χ4v) is 2.41. The number of aromatic nitrogens is 4. The van der Waals surface area contributed by atoms with Crippen LogP contribution < -0.4 is 4.90 Å². The van der Waals surface area contributed by atoms with Gasteiger partial charge >= 0.3 is 0 Å². The molecule has 3 rings (SSSR count). The molecule has 5 nitrogen and oxygen atoms in total. The van der Waals surface area contributed by atoms with Crippen LogP contribution in [0.1, 0.15) is 19.8 Å². The number of hydrogen-bond acceptors (Lipinski definition) is 4. The summed E-state index contributed by atoms with van der Waals surface area (Å²) in [5.74, 6) is 2.46. The highest BCUT2D eigenvalue weighted by Gasteiger charge is 2.18. The minimum absolute atomic E-state index is 0.730. The predicted molar refractivity (Wildman–Crippen MR) is 69.8 cm³/mol. The Kier molecular flexibility index (Phi) is 2.96. The van der Waals surface area contributed by atoms with E-state index in [2.05, 4.69) is 26.9 Å². The van der Waals surface area contributed by atoms with Crippen molar-refractivity contribution < 1.29 is 0 Å². The summed E-state index contributed by atoms with van der Waals surface area (Å²) in [6, 6.07) is 1.89. The lowest BCUT2D eigenvalue weighted by Gasteiger charge is -2.31. The molecule has 0 amide bonds. The van der Waals surface area contributed by atoms with Crippen molar-refractivity contribution in [2.75, 3.05) is 18.0 Å². The molecule has 1 saturated heterocycles. The molecule has 1 atom stereocenters. The van der Waals surface area contributed by atoms with Crippen LogP contribution in [0.3, 0.4) is 0 Å². The van der Waals surface area contributed by atoms with E-state index in [1.165, 1.54) is 12.8 Å². The first-order chi connectivity index (χ1) is 8.83. The largest absolute Gasteiger partial charge is 0.355 e. The first-order valence-electron chi connectivity index (χ1n) is 6.40. The average molecular weight is 243 g/mol. The second-order valence-corrected chi connectivity index (χ2v) is 4.88. The second-order valence-electron chi connectivity index (χ2n) is 4.88. The van der Waals surface area contributed by atoms with Gasteiger partial charge in [-0.25, -0.2) is 9.67 Å². The van der Waals surface area contributed by atoms with E-state index in [1.807, 2.05) is 18.5 Å². The second kappa shape index (κ2) is 4.76. The van der Waals surface area contributed by atoms with Crippen LogP contribution in [0.25, 0.3) is 5.82 Å². The highest BCUT2D eigenvalue weighted by atomic mass is 15.3. The summed E-state index contributed by atoms with van der Waals surface area (Å²) in [5.41, 5.74) is 0. The monoisotopic (exact) mass is 243 g/mol. The van der Waals surface area contributed by atoms with Gasteiger partial charge in [-0.15, -0.1) is 0 Å². The molecule has 94 valence electrons. The lowest BCUT2D eigenvalue weighted by molar-refractivity contribution is 0.444. The van der Waals surface area contributed by atoms with Crippen molar-refractivity contribution in [1.29, 1.82) is 0 Å². The number of nitrogens with zero attached hydrogens (tertiary/aromatic N) is 5. The molecule has 1 aliphatic rings. The first-order valence-corrected chi connectivity index (χ1v) is 6.40. The number of rotatable bonds is 2. The first kappa shape index (κ1) is 11.2. The lowest BCUT2D eigenvalue weighted by atomic mass is 10.0. The maximum atomic E-state index is 4.64. The SMILES string of the molecule is CC1CCCN(c2cncc(-n3cccn3)n2)C1. The third-order valence-electron chi connectivity index (χ3n) is 3.33. The number of piperidine rings is 1. The Balaban J connectivity index is 1.86. The molecular weight excluding hydrogens is 226 g/mol. The highest BCUT2D eigenvalue weighted by Crippen LogP contribution is 2.21. The molecule has 18 heavy (non-hydrogen) atoms. The van der Waals surface area contributed by atoms with E-state index in [4.69, 9.17) is 0 Å². The van der Waals surface area contributed by atoms with Gasteiger partial charge in [-0.3, -0.25) is 4.98 Å². The maximum absolute atomic E-state index is 4.64. The van der Waals surface area contributed by atoms with E-state index in [0.29, 0.717) is 0 Å². The molecule has 3 heterocycles. The van der Waals surface area contributed by atoms with Crippen molar-refractivity contribution in [3.8, 4) is 5.82 Å². The van der Waals surface area contributed by atoms with Crippen molar-refractivity contribution in [2.24, 2.45) is 5.92 Å². The summed E-state index contributed by atoms with van der Waals surface area (Å²) in [7, 11) is 0. The quantitative estimate of drug-likeness (QED) is 0.808. The van der Waals surface area contributed by atoms with E-state index in [-0.39, 0.29) is 0 Å². The zero-order valence-corrected chi connectivity index (χ0v) is 10.5. The fraction of sp³-hybridized carbons (Fsp3) is 0.462. The van der Waals surface area contributed by atoms with Crippen molar-refractivity contribution in [1.82, 2.24) is 19.7 Å². The van der Waals surface area contributed by atoms with Crippen LogP contribution in [0.15, 0.2) is 30.9 Å². The summed E-state index contributed by atoms with van der Waals surface area (Å²) < 4.78 is 1.74. The molecule has 1 fully saturated rings. The van der Waals surface area contributed by atoms with Gasteiger partial charge in [0, 0.05) is 25.5 Å². The number of anilines is 1. The molecule has 0 aromatic carbocycles. The summed E-state index contributed by atoms with van der Waals surface area (Å²) in [6.07, 6.45) is 9.75. The van der Waals surface area contributed by atoms with Crippen LogP contribution in [0.2, 0.25) is 0 Å². The number of hydrogen-bond donors (Lipinski definition) is 0. The molecular formula is C13H17N5. The molecule has 2 aromatic rings. The van der Waals surface area contributed by atoms with Gasteiger partial charge in [0.05, 0.1) is 12.4 Å². The van der Waals surface area contributed by atoms with Crippen LogP contribution in [-0.4, -0.2) is 32.8 Å². The minimum Gasteiger partial charge on any atom is -0.355 e. The Morgan fingerprint density at radius 3 is 2.94 bits per heavy atom. The van der Waals surface area contributed by atoms with E-state index in [1.54, 1.807) is 17.1 Å². The molecule has 0 saturated carbocycles. The van der Waals surface area contributed by atoms with E-state index in [9.17, 15) is 0 Å². The van der Waals surface area contributed by atoms with Crippen LogP contribution in [0.5, 0.6) is 0 Å². The molecule has 0 N–H and O–H groups in total. The molecule has 5 heteroatoms. The molecule has 2 aromatic heterocycles. The summed E-state index contributed by atoms with van der Waals surface area (Å²) in [5, 5.41) is 4.18. The predicted octanol–water partition coefficient (Wildman–Crippen LogP) is 1.90. The average Bonchev–Trinajstić information content (AvgIpc) is 2.93. The maximum Gasteiger partial charge on any atom is 0.173 e. The van der Waals surface area contributed by atoms with Crippen molar-refractivity contribution in [2.45, 2.75) is 19.8 Å². The van der Waals surface area contributed by atoms with Gasteiger partial charge in [0.25, 0.3) is 0 Å². The Hall–Kier alpha value is -1.91. The van der Waals surface area contributed by atoms with Crippen molar-refractivity contribution in [3.05, 3.63) is 30.9 Å². The zero-order chi connectivity index (χ0) is 12.4. The van der Waals surface area contributed by atoms with Gasteiger partial charge in [0.15, 0.2) is 5.82 Å². The van der Waals surface area contributed by atoms with Gasteiger partial charge in [-0.2, -0.15) is 5.10 Å². The summed E-state index contributed by atoms with van der Waals surface area (Å²) in [6.45, 7) is 4.43. The highest BCUT2D eigenvalue weighted by molar-refractivity contribution is 5.39. The third kappa shape index (κ3) is 2.20. The van der Waals surface area contributed by atoms with E-state index < -0.39 is 0 Å². The smallest absolute Gasteiger partial charge is 0.173 e. The van der Waals surface area contributed by atoms with Crippen LogP contribution in [0.4, 0.5) is 5.82 Å². The summed E-state index contributed by atoms with van der Waals surface area (Å²) in [4.78, 5) is 11.2. The van der Waals surface area contributed by atoms with E-state index in [0.717, 1.165) is 30.6 Å². The Bertz CT molecular complexity index is 508. The molecule has 0 aliphatic carbocycles. The molecule has 1 unspecified atom stereocenters. The van der Waals surface area contributed by atoms with Crippen molar-refractivity contribution in [3.63, 3.8) is 0 Å². The van der Waals surface area contributed by atoms with E-state index >= 15 is 0 Å². The van der Waals surface area contributed by atoms with Gasteiger partial charge in [0.2, 0.25) is 0 Å². The normalized spacial score (nSPS) is 20.1. The van der Waals surface area contributed by atoms with Gasteiger partial charge in [0.1, 0.15) is 5.82 Å². The van der Waals surface area contributed by atoms with Crippen LogP contribution >= 0.6 is 0 Å². The Labute approximate surface area is 106 Å². The third-order valence-corrected chi connectivity index (χ3v) is 3.33. The fourth-order valence-electron chi connectivity index (χ4n) is 2.41. The van der Waals surface area contributed by atoms with Gasteiger partial charge in [-0.05, 0) is 24.8 Å². The van der Waals surface area contributed by atoms with Crippen molar-refractivity contribution >= 4 is 5.82 Å². The van der Waals surface area contributed by atoms with Crippen LogP contribution in [0, 0.1) is 5.92 Å². The topological polar surface area (TPSA) is 46.8 Å². The summed E-state index contributed by atoms with van der Waals surface area (Å²) >= 11 is 0. The van der Waals surface area contributed by atoms with Gasteiger partial charge in [-0.1, -0.05) is 6.92 Å².